The van der Waals surface area contributed by atoms with E-state index in [1.54, 1.807) is 43.3 Å². The minimum absolute atomic E-state index is 0.293. The number of esters is 1. The topological polar surface area (TPSA) is 121 Å². The Morgan fingerprint density at radius 1 is 0.943 bits per heavy atom. The fraction of sp³-hybridized carbons (Fsp3) is 0.154. The minimum Gasteiger partial charge on any atom is -0.463 e. The molecule has 0 atom stereocenters. The van der Waals surface area contributed by atoms with Gasteiger partial charge in [0.1, 0.15) is 5.82 Å². The number of urea groups is 1. The number of nitrogens with one attached hydrogen (secondary N) is 4. The maximum atomic E-state index is 13.1. The summed E-state index contributed by atoms with van der Waals surface area (Å²) in [5.41, 5.74) is 2.89. The first-order valence-corrected chi connectivity index (χ1v) is 11.1. The molecule has 0 aliphatic carbocycles. The van der Waals surface area contributed by atoms with E-state index in [0.29, 0.717) is 35.9 Å². The Morgan fingerprint density at radius 2 is 1.69 bits per heavy atom. The van der Waals surface area contributed by atoms with Crippen LogP contribution in [0, 0.1) is 0 Å². The fourth-order valence-corrected chi connectivity index (χ4v) is 3.04. The Kier molecular flexibility index (Phi) is 8.95. The molecule has 3 aromatic rings. The van der Waals surface area contributed by atoms with E-state index in [1.165, 1.54) is 12.3 Å². The lowest BCUT2D eigenvalue weighted by molar-refractivity contribution is -0.137. The zero-order chi connectivity index (χ0) is 25.0. The van der Waals surface area contributed by atoms with Gasteiger partial charge < -0.3 is 20.7 Å². The Morgan fingerprint density at radius 3 is 2.37 bits per heavy atom. The molecule has 1 aromatic heterocycles. The van der Waals surface area contributed by atoms with Crippen LogP contribution in [0.3, 0.4) is 0 Å². The quantitative estimate of drug-likeness (QED) is 0.262. The second-order valence-electron chi connectivity index (χ2n) is 7.25. The van der Waals surface area contributed by atoms with Crippen molar-refractivity contribution in [3.63, 3.8) is 0 Å². The Balaban J connectivity index is 1.78. The van der Waals surface area contributed by atoms with Crippen molar-refractivity contribution in [3.8, 4) is 0 Å². The van der Waals surface area contributed by atoms with Crippen molar-refractivity contribution in [2.24, 2.45) is 0 Å². The largest absolute Gasteiger partial charge is 0.463 e. The van der Waals surface area contributed by atoms with Gasteiger partial charge in [-0.3, -0.25) is 10.1 Å². The number of amides is 3. The third kappa shape index (κ3) is 7.71. The summed E-state index contributed by atoms with van der Waals surface area (Å²) < 4.78 is 4.86. The van der Waals surface area contributed by atoms with Gasteiger partial charge >= 0.3 is 12.0 Å². The molecule has 35 heavy (non-hydrogen) atoms. The molecule has 9 nitrogen and oxygen atoms in total. The van der Waals surface area contributed by atoms with E-state index in [0.717, 1.165) is 11.3 Å². The normalized spacial score (nSPS) is 10.5. The standard InChI is InChI=1S/C26H27N5O4/c1-3-27-26(34)31-23-16-22(29-19-8-6-5-7-9-19)21(17-28-23)25(33)30-20-13-10-18(11-14-20)12-15-24(32)35-4-2/h5-17H,3-4H2,1-2H3,(H,30,33)(H3,27,28,29,31,34)/b15-12+. The summed E-state index contributed by atoms with van der Waals surface area (Å²) in [6.07, 6.45) is 4.38. The van der Waals surface area contributed by atoms with Gasteiger partial charge in [-0.1, -0.05) is 30.3 Å². The number of nitrogens with zero attached hydrogens (tertiary/aromatic N) is 1. The van der Waals surface area contributed by atoms with Gasteiger partial charge in [0.2, 0.25) is 0 Å². The van der Waals surface area contributed by atoms with Gasteiger partial charge in [-0.05, 0) is 49.8 Å². The zero-order valence-corrected chi connectivity index (χ0v) is 19.5. The van der Waals surface area contributed by atoms with Crippen LogP contribution in [-0.4, -0.2) is 36.0 Å². The highest BCUT2D eigenvalue weighted by atomic mass is 16.5. The van der Waals surface area contributed by atoms with E-state index >= 15 is 0 Å². The number of hydrogen-bond donors (Lipinski definition) is 4. The summed E-state index contributed by atoms with van der Waals surface area (Å²) in [5.74, 6) is -0.500. The SMILES string of the molecule is CCNC(=O)Nc1cc(Nc2ccccc2)c(C(=O)Nc2ccc(/C=C/C(=O)OCC)cc2)cn1. The third-order valence-corrected chi connectivity index (χ3v) is 4.65. The Hall–Kier alpha value is -4.66. The van der Waals surface area contributed by atoms with Crippen LogP contribution in [0.4, 0.5) is 27.7 Å². The lowest BCUT2D eigenvalue weighted by atomic mass is 10.1. The summed E-state index contributed by atoms with van der Waals surface area (Å²) in [6.45, 7) is 4.34. The van der Waals surface area contributed by atoms with Crippen molar-refractivity contribution in [2.75, 3.05) is 29.1 Å². The number of rotatable bonds is 9. The highest BCUT2D eigenvalue weighted by molar-refractivity contribution is 6.08. The van der Waals surface area contributed by atoms with Crippen LogP contribution in [0.5, 0.6) is 0 Å². The predicted octanol–water partition coefficient (Wildman–Crippen LogP) is 4.80. The number of benzene rings is 2. The van der Waals surface area contributed by atoms with Crippen LogP contribution in [0.1, 0.15) is 29.8 Å². The molecule has 0 radical (unpaired) electrons. The van der Waals surface area contributed by atoms with Gasteiger partial charge in [-0.2, -0.15) is 0 Å². The lowest BCUT2D eigenvalue weighted by Gasteiger charge is -2.14. The van der Waals surface area contributed by atoms with Crippen molar-refractivity contribution in [1.82, 2.24) is 10.3 Å². The van der Waals surface area contributed by atoms with Gasteiger partial charge in [-0.15, -0.1) is 0 Å². The van der Waals surface area contributed by atoms with Crippen LogP contribution < -0.4 is 21.3 Å². The van der Waals surface area contributed by atoms with Crippen LogP contribution in [-0.2, 0) is 9.53 Å². The second-order valence-corrected chi connectivity index (χ2v) is 7.25. The Bertz CT molecular complexity index is 1190. The second kappa shape index (κ2) is 12.5. The molecule has 1 heterocycles. The molecule has 180 valence electrons. The monoisotopic (exact) mass is 473 g/mol. The molecular formula is C26H27N5O4. The summed E-state index contributed by atoms with van der Waals surface area (Å²) in [5, 5.41) is 11.3. The molecule has 0 aliphatic heterocycles. The number of aromatic nitrogens is 1. The number of para-hydroxylation sites is 1. The van der Waals surface area contributed by atoms with E-state index < -0.39 is 5.97 Å². The number of hydrogen-bond acceptors (Lipinski definition) is 6. The molecule has 3 amide bonds. The van der Waals surface area contributed by atoms with E-state index in [2.05, 4.69) is 26.3 Å². The molecule has 0 saturated heterocycles. The summed E-state index contributed by atoms with van der Waals surface area (Å²) in [4.78, 5) is 40.6. The molecule has 0 aliphatic rings. The van der Waals surface area contributed by atoms with E-state index in [-0.39, 0.29) is 11.9 Å². The molecular weight excluding hydrogens is 446 g/mol. The van der Waals surface area contributed by atoms with Crippen molar-refractivity contribution in [3.05, 3.63) is 84.1 Å². The van der Waals surface area contributed by atoms with Gasteiger partial charge in [-0.25, -0.2) is 14.6 Å². The van der Waals surface area contributed by atoms with Crippen molar-refractivity contribution in [2.45, 2.75) is 13.8 Å². The summed E-state index contributed by atoms with van der Waals surface area (Å²) in [6, 6.07) is 17.6. The van der Waals surface area contributed by atoms with Gasteiger partial charge in [0, 0.05) is 36.3 Å². The molecule has 4 N–H and O–H groups in total. The molecule has 0 fully saturated rings. The summed E-state index contributed by atoms with van der Waals surface area (Å²) in [7, 11) is 0. The lowest BCUT2D eigenvalue weighted by Crippen LogP contribution is -2.28. The Labute approximate surface area is 203 Å². The maximum Gasteiger partial charge on any atom is 0.330 e. The first-order valence-electron chi connectivity index (χ1n) is 11.1. The third-order valence-electron chi connectivity index (χ3n) is 4.65. The van der Waals surface area contributed by atoms with Gasteiger partial charge in [0.15, 0.2) is 0 Å². The fourth-order valence-electron chi connectivity index (χ4n) is 3.04. The number of carbonyl (C=O) groups is 3. The highest BCUT2D eigenvalue weighted by Gasteiger charge is 2.15. The summed E-state index contributed by atoms with van der Waals surface area (Å²) >= 11 is 0. The number of ether oxygens (including phenoxy) is 1. The van der Waals surface area contributed by atoms with Gasteiger partial charge in [0.25, 0.3) is 5.91 Å². The van der Waals surface area contributed by atoms with Crippen LogP contribution in [0.2, 0.25) is 0 Å². The molecule has 0 unspecified atom stereocenters. The van der Waals surface area contributed by atoms with E-state index in [1.807, 2.05) is 37.3 Å². The van der Waals surface area contributed by atoms with Crippen LogP contribution in [0.25, 0.3) is 6.08 Å². The molecule has 9 heteroatoms. The maximum absolute atomic E-state index is 13.1. The molecule has 0 saturated carbocycles. The van der Waals surface area contributed by atoms with Crippen LogP contribution >= 0.6 is 0 Å². The van der Waals surface area contributed by atoms with E-state index in [9.17, 15) is 14.4 Å². The molecule has 3 rings (SSSR count). The van der Waals surface area contributed by atoms with Crippen molar-refractivity contribution in [1.29, 1.82) is 0 Å². The number of pyridine rings is 1. The number of anilines is 4. The smallest absolute Gasteiger partial charge is 0.330 e. The van der Waals surface area contributed by atoms with Crippen molar-refractivity contribution >= 4 is 46.9 Å². The molecule has 0 bridgehead atoms. The molecule has 0 spiro atoms. The average molecular weight is 474 g/mol. The van der Waals surface area contributed by atoms with Crippen LogP contribution in [0.15, 0.2) is 72.9 Å². The highest BCUT2D eigenvalue weighted by Crippen LogP contribution is 2.24. The molecule has 2 aromatic carbocycles. The predicted molar refractivity (Wildman–Crippen MR) is 137 cm³/mol. The van der Waals surface area contributed by atoms with Crippen molar-refractivity contribution < 1.29 is 19.1 Å². The zero-order valence-electron chi connectivity index (χ0n) is 19.5. The average Bonchev–Trinajstić information content (AvgIpc) is 2.85. The van der Waals surface area contributed by atoms with E-state index in [4.69, 9.17) is 4.74 Å². The minimum atomic E-state index is -0.416. The van der Waals surface area contributed by atoms with Gasteiger partial charge in [0.05, 0.1) is 17.9 Å². The first-order chi connectivity index (χ1) is 17.0. The first kappa shape index (κ1) is 25.0. The number of carbonyl (C=O) groups excluding carboxylic acids is 3.